The number of carboxylic acids is 1. The van der Waals surface area contributed by atoms with Gasteiger partial charge in [0.2, 0.25) is 0 Å². The van der Waals surface area contributed by atoms with Crippen LogP contribution in [-0.4, -0.2) is 62.0 Å². The third-order valence-corrected chi connectivity index (χ3v) is 7.29. The van der Waals surface area contributed by atoms with Crippen molar-refractivity contribution in [2.75, 3.05) is 29.9 Å². The summed E-state index contributed by atoms with van der Waals surface area (Å²) in [6, 6.07) is 12.0. The van der Waals surface area contributed by atoms with Crippen LogP contribution in [0.1, 0.15) is 89.9 Å². The van der Waals surface area contributed by atoms with Gasteiger partial charge in [-0.3, -0.25) is 4.79 Å². The average molecular weight is 531 g/mol. The molecule has 0 saturated carbocycles. The monoisotopic (exact) mass is 530 g/mol. The second-order valence-electron chi connectivity index (χ2n) is 11.2. The number of pyridine rings is 1. The van der Waals surface area contributed by atoms with Crippen molar-refractivity contribution in [3.05, 3.63) is 76.4 Å². The van der Waals surface area contributed by atoms with E-state index in [-0.39, 0.29) is 23.4 Å². The molecule has 9 nitrogen and oxygen atoms in total. The molecule has 206 valence electrons. The SMILES string of the molecule is Cc1cc(N2CCN(C(=O)c3cnc(N[C@@H](C)c4ccccc4)c(C(C)C)n3)C(C)(C)C2)nc(C)c1C(=O)O. The first kappa shape index (κ1) is 28.0. The number of aryl methyl sites for hydroxylation is 2. The number of nitrogens with one attached hydrogen (secondary N) is 1. The van der Waals surface area contributed by atoms with E-state index in [1.165, 1.54) is 0 Å². The summed E-state index contributed by atoms with van der Waals surface area (Å²) in [4.78, 5) is 43.3. The molecule has 1 fully saturated rings. The predicted molar refractivity (Wildman–Crippen MR) is 153 cm³/mol. The van der Waals surface area contributed by atoms with Crippen molar-refractivity contribution >= 4 is 23.5 Å². The van der Waals surface area contributed by atoms with Crippen LogP contribution in [0.3, 0.4) is 0 Å². The zero-order valence-corrected chi connectivity index (χ0v) is 23.8. The van der Waals surface area contributed by atoms with Gasteiger partial charge in [-0.15, -0.1) is 0 Å². The van der Waals surface area contributed by atoms with Gasteiger partial charge in [-0.2, -0.15) is 0 Å². The number of piperazine rings is 1. The number of rotatable bonds is 7. The highest BCUT2D eigenvalue weighted by Gasteiger charge is 2.38. The molecule has 3 heterocycles. The highest BCUT2D eigenvalue weighted by Crippen LogP contribution is 2.29. The molecule has 1 aromatic carbocycles. The van der Waals surface area contributed by atoms with E-state index in [0.29, 0.717) is 42.4 Å². The summed E-state index contributed by atoms with van der Waals surface area (Å²) in [7, 11) is 0. The van der Waals surface area contributed by atoms with E-state index >= 15 is 0 Å². The van der Waals surface area contributed by atoms with Crippen molar-refractivity contribution in [3.63, 3.8) is 0 Å². The molecule has 1 aliphatic heterocycles. The minimum Gasteiger partial charge on any atom is -0.478 e. The van der Waals surface area contributed by atoms with E-state index in [1.807, 2.05) is 56.9 Å². The van der Waals surface area contributed by atoms with Gasteiger partial charge in [0.25, 0.3) is 5.91 Å². The number of amides is 1. The molecule has 0 unspecified atom stereocenters. The maximum atomic E-state index is 13.7. The van der Waals surface area contributed by atoms with Crippen LogP contribution in [0.5, 0.6) is 0 Å². The molecule has 0 spiro atoms. The molecule has 2 aromatic heterocycles. The smallest absolute Gasteiger partial charge is 0.337 e. The van der Waals surface area contributed by atoms with Crippen LogP contribution in [-0.2, 0) is 0 Å². The van der Waals surface area contributed by atoms with Crippen molar-refractivity contribution in [1.82, 2.24) is 19.9 Å². The summed E-state index contributed by atoms with van der Waals surface area (Å²) in [5, 5.41) is 13.0. The number of aromatic carboxylic acids is 1. The van der Waals surface area contributed by atoms with Gasteiger partial charge < -0.3 is 20.2 Å². The maximum absolute atomic E-state index is 13.7. The van der Waals surface area contributed by atoms with Crippen LogP contribution in [0.2, 0.25) is 0 Å². The first-order valence-corrected chi connectivity index (χ1v) is 13.4. The lowest BCUT2D eigenvalue weighted by Gasteiger charge is -2.47. The Morgan fingerprint density at radius 3 is 2.33 bits per heavy atom. The molecule has 1 saturated heterocycles. The Morgan fingerprint density at radius 2 is 1.74 bits per heavy atom. The van der Waals surface area contributed by atoms with Crippen molar-refractivity contribution in [1.29, 1.82) is 0 Å². The second-order valence-corrected chi connectivity index (χ2v) is 11.2. The number of aromatic nitrogens is 3. The standard InChI is InChI=1S/C30H38N6O3/c1-18(2)26-27(33-20(4)22-11-9-8-10-12-22)31-16-23(34-26)28(37)36-14-13-35(17-30(36,6)7)24-15-19(3)25(29(38)39)21(5)32-24/h8-12,15-16,18,20H,13-14,17H2,1-7H3,(H,31,33)(H,38,39)/t20-/m0/s1. The molecule has 1 amide bonds. The van der Waals surface area contributed by atoms with E-state index < -0.39 is 11.5 Å². The van der Waals surface area contributed by atoms with Crippen molar-refractivity contribution in [2.45, 2.75) is 66.0 Å². The van der Waals surface area contributed by atoms with Crippen LogP contribution >= 0.6 is 0 Å². The number of carbonyl (C=O) groups is 2. The minimum absolute atomic E-state index is 0.0389. The maximum Gasteiger partial charge on any atom is 0.337 e. The molecule has 4 rings (SSSR count). The normalized spacial score (nSPS) is 15.8. The summed E-state index contributed by atoms with van der Waals surface area (Å²) >= 11 is 0. The number of carboxylic acid groups (broad SMARTS) is 1. The first-order valence-electron chi connectivity index (χ1n) is 13.4. The van der Waals surface area contributed by atoms with Crippen molar-refractivity contribution in [3.8, 4) is 0 Å². The number of benzene rings is 1. The molecule has 0 radical (unpaired) electrons. The molecule has 1 aliphatic rings. The highest BCUT2D eigenvalue weighted by atomic mass is 16.4. The Kier molecular flexibility index (Phi) is 7.90. The van der Waals surface area contributed by atoms with E-state index in [4.69, 9.17) is 4.98 Å². The molecule has 9 heteroatoms. The summed E-state index contributed by atoms with van der Waals surface area (Å²) in [6.07, 6.45) is 1.57. The Labute approximate surface area is 230 Å². The largest absolute Gasteiger partial charge is 0.478 e. The van der Waals surface area contributed by atoms with Crippen LogP contribution < -0.4 is 10.2 Å². The Morgan fingerprint density at radius 1 is 1.05 bits per heavy atom. The molecule has 0 aliphatic carbocycles. The first-order chi connectivity index (χ1) is 18.4. The summed E-state index contributed by atoms with van der Waals surface area (Å²) in [6.45, 7) is 15.3. The van der Waals surface area contributed by atoms with Gasteiger partial charge in [-0.05, 0) is 57.7 Å². The fourth-order valence-electron chi connectivity index (χ4n) is 5.21. The lowest BCUT2D eigenvalue weighted by molar-refractivity contribution is 0.0506. The Hall–Kier alpha value is -4.01. The quantitative estimate of drug-likeness (QED) is 0.427. The molecular weight excluding hydrogens is 492 g/mol. The fraction of sp³-hybridized carbons (Fsp3) is 0.433. The van der Waals surface area contributed by atoms with E-state index in [9.17, 15) is 14.7 Å². The minimum atomic E-state index is -0.975. The third kappa shape index (κ3) is 5.87. The lowest BCUT2D eigenvalue weighted by Crippen LogP contribution is -2.61. The summed E-state index contributed by atoms with van der Waals surface area (Å²) in [5.41, 5.74) is 3.12. The molecule has 3 aromatic rings. The molecular formula is C30H38N6O3. The number of hydrogen-bond donors (Lipinski definition) is 2. The lowest BCUT2D eigenvalue weighted by atomic mass is 9.97. The van der Waals surface area contributed by atoms with Gasteiger partial charge in [-0.25, -0.2) is 19.7 Å². The summed E-state index contributed by atoms with van der Waals surface area (Å²) in [5.74, 6) is 0.353. The van der Waals surface area contributed by atoms with Gasteiger partial charge >= 0.3 is 5.97 Å². The number of carbonyl (C=O) groups excluding carboxylic acids is 1. The van der Waals surface area contributed by atoms with Crippen molar-refractivity contribution < 1.29 is 14.7 Å². The summed E-state index contributed by atoms with van der Waals surface area (Å²) < 4.78 is 0. The average Bonchev–Trinajstić information content (AvgIpc) is 2.87. The Bertz CT molecular complexity index is 1350. The van der Waals surface area contributed by atoms with Crippen LogP contribution in [0, 0.1) is 13.8 Å². The zero-order valence-electron chi connectivity index (χ0n) is 23.8. The predicted octanol–water partition coefficient (Wildman–Crippen LogP) is 5.22. The zero-order chi connectivity index (χ0) is 28.5. The van der Waals surface area contributed by atoms with E-state index in [2.05, 4.69) is 39.2 Å². The van der Waals surface area contributed by atoms with Crippen LogP contribution in [0.4, 0.5) is 11.6 Å². The fourth-order valence-corrected chi connectivity index (χ4v) is 5.21. The molecule has 1 atom stereocenters. The number of anilines is 2. The molecule has 39 heavy (non-hydrogen) atoms. The van der Waals surface area contributed by atoms with Crippen LogP contribution in [0.25, 0.3) is 0 Å². The second kappa shape index (κ2) is 11.0. The third-order valence-electron chi connectivity index (χ3n) is 7.29. The van der Waals surface area contributed by atoms with Gasteiger partial charge in [0.05, 0.1) is 34.7 Å². The highest BCUT2D eigenvalue weighted by molar-refractivity contribution is 5.93. The number of hydrogen-bond acceptors (Lipinski definition) is 7. The Balaban J connectivity index is 1.54. The van der Waals surface area contributed by atoms with E-state index in [0.717, 1.165) is 17.1 Å². The van der Waals surface area contributed by atoms with Gasteiger partial charge in [0.15, 0.2) is 0 Å². The van der Waals surface area contributed by atoms with Crippen LogP contribution in [0.15, 0.2) is 42.6 Å². The molecule has 2 N–H and O–H groups in total. The van der Waals surface area contributed by atoms with Gasteiger partial charge in [0.1, 0.15) is 17.3 Å². The molecule has 0 bridgehead atoms. The van der Waals surface area contributed by atoms with E-state index in [1.54, 1.807) is 20.0 Å². The number of nitrogens with zero attached hydrogens (tertiary/aromatic N) is 5. The van der Waals surface area contributed by atoms with Gasteiger partial charge in [0, 0.05) is 19.6 Å². The van der Waals surface area contributed by atoms with Crippen molar-refractivity contribution in [2.24, 2.45) is 0 Å². The topological polar surface area (TPSA) is 112 Å². The van der Waals surface area contributed by atoms with Gasteiger partial charge in [-0.1, -0.05) is 44.2 Å².